The van der Waals surface area contributed by atoms with Gasteiger partial charge in [0.25, 0.3) is 0 Å². The molecular formula is C6H11NO2S. The molecular weight excluding hydrogens is 150 g/mol. The largest absolute Gasteiger partial charge is 0.306 e. The van der Waals surface area contributed by atoms with Crippen molar-refractivity contribution in [2.75, 3.05) is 5.75 Å². The molecule has 10 heavy (non-hydrogen) atoms. The van der Waals surface area contributed by atoms with E-state index in [-0.39, 0.29) is 11.2 Å². The van der Waals surface area contributed by atoms with Gasteiger partial charge in [-0.3, -0.25) is 0 Å². The number of rotatable bonds is 3. The molecule has 0 rings (SSSR count). The van der Waals surface area contributed by atoms with Crippen molar-refractivity contribution in [3.8, 4) is 6.07 Å². The molecule has 0 aromatic rings. The topological polar surface area (TPSA) is 61.1 Å². The summed E-state index contributed by atoms with van der Waals surface area (Å²) >= 11 is -1.79. The summed E-state index contributed by atoms with van der Waals surface area (Å²) in [5.41, 5.74) is -0.339. The van der Waals surface area contributed by atoms with Gasteiger partial charge >= 0.3 is 0 Å². The van der Waals surface area contributed by atoms with Gasteiger partial charge in [-0.1, -0.05) is 13.8 Å². The molecule has 1 unspecified atom stereocenters. The van der Waals surface area contributed by atoms with Gasteiger partial charge < -0.3 is 4.55 Å². The molecule has 0 heterocycles. The van der Waals surface area contributed by atoms with Crippen molar-refractivity contribution in [3.63, 3.8) is 0 Å². The highest BCUT2D eigenvalue weighted by Gasteiger charge is 2.19. The smallest absolute Gasteiger partial charge is 0.153 e. The van der Waals surface area contributed by atoms with Crippen molar-refractivity contribution in [1.29, 1.82) is 5.26 Å². The molecule has 58 valence electrons. The normalized spacial score (nSPS) is 14.2. The molecule has 0 saturated carbocycles. The Kier molecular flexibility index (Phi) is 3.54. The maximum Gasteiger partial charge on any atom is 0.153 e. The van der Waals surface area contributed by atoms with Crippen molar-refractivity contribution in [2.45, 2.75) is 20.3 Å². The molecule has 0 radical (unpaired) electrons. The fourth-order valence-corrected chi connectivity index (χ4v) is 1.37. The monoisotopic (exact) mass is 161 g/mol. The van der Waals surface area contributed by atoms with Crippen molar-refractivity contribution < 1.29 is 8.76 Å². The van der Waals surface area contributed by atoms with Gasteiger partial charge in [0.15, 0.2) is 11.1 Å². The molecule has 0 spiro atoms. The molecule has 0 aliphatic rings. The summed E-state index contributed by atoms with van der Waals surface area (Å²) in [6.45, 7) is 3.59. The van der Waals surface area contributed by atoms with Gasteiger partial charge in [-0.25, -0.2) is 4.21 Å². The van der Waals surface area contributed by atoms with E-state index < -0.39 is 11.1 Å². The van der Waals surface area contributed by atoms with Crippen LogP contribution < -0.4 is 0 Å². The summed E-state index contributed by atoms with van der Waals surface area (Å²) in [5, 5.41) is 8.28. The highest BCUT2D eigenvalue weighted by atomic mass is 32.2. The standard InChI is InChI=1S/C6H11NO2S/c1-6(2,3-4-7)5-10(8)9/h3,5H2,1-2H3,(H,8,9). The van der Waals surface area contributed by atoms with Crippen LogP contribution in [0.4, 0.5) is 0 Å². The fourth-order valence-electron chi connectivity index (χ4n) is 0.599. The van der Waals surface area contributed by atoms with Gasteiger partial charge in [0, 0.05) is 6.42 Å². The Balaban J connectivity index is 3.89. The van der Waals surface area contributed by atoms with E-state index in [9.17, 15) is 4.21 Å². The fraction of sp³-hybridized carbons (Fsp3) is 0.833. The van der Waals surface area contributed by atoms with Crippen LogP contribution in [0.1, 0.15) is 20.3 Å². The van der Waals surface area contributed by atoms with Crippen LogP contribution in [-0.4, -0.2) is 14.5 Å². The van der Waals surface area contributed by atoms with Crippen LogP contribution >= 0.6 is 0 Å². The Hall–Kier alpha value is -0.400. The molecule has 0 aromatic carbocycles. The van der Waals surface area contributed by atoms with Gasteiger partial charge in [-0.05, 0) is 5.41 Å². The van der Waals surface area contributed by atoms with Crippen molar-refractivity contribution in [3.05, 3.63) is 0 Å². The number of nitrogens with zero attached hydrogens (tertiary/aromatic N) is 1. The quantitative estimate of drug-likeness (QED) is 0.631. The summed E-state index contributed by atoms with van der Waals surface area (Å²) in [5.74, 6) is 0.167. The predicted octanol–water partition coefficient (Wildman–Crippen LogP) is 1.15. The van der Waals surface area contributed by atoms with E-state index in [0.717, 1.165) is 0 Å². The van der Waals surface area contributed by atoms with Crippen molar-refractivity contribution >= 4 is 11.1 Å². The summed E-state index contributed by atoms with van der Waals surface area (Å²) in [7, 11) is 0. The third-order valence-electron chi connectivity index (χ3n) is 1.07. The number of nitriles is 1. The van der Waals surface area contributed by atoms with E-state index in [2.05, 4.69) is 0 Å². The van der Waals surface area contributed by atoms with Crippen LogP contribution in [0.3, 0.4) is 0 Å². The van der Waals surface area contributed by atoms with Crippen LogP contribution in [0.5, 0.6) is 0 Å². The van der Waals surface area contributed by atoms with Crippen LogP contribution in [-0.2, 0) is 11.1 Å². The zero-order chi connectivity index (χ0) is 8.20. The maximum absolute atomic E-state index is 10.3. The Morgan fingerprint density at radius 2 is 2.20 bits per heavy atom. The summed E-state index contributed by atoms with van der Waals surface area (Å²) in [6, 6.07) is 1.97. The second-order valence-electron chi connectivity index (χ2n) is 2.96. The Morgan fingerprint density at radius 3 is 2.50 bits per heavy atom. The van der Waals surface area contributed by atoms with E-state index in [0.29, 0.717) is 6.42 Å². The average Bonchev–Trinajstić information content (AvgIpc) is 1.59. The van der Waals surface area contributed by atoms with Crippen LogP contribution in [0.2, 0.25) is 0 Å². The first-order valence-electron chi connectivity index (χ1n) is 2.92. The summed E-state index contributed by atoms with van der Waals surface area (Å²) < 4.78 is 18.8. The minimum absolute atomic E-state index is 0.167. The first kappa shape index (κ1) is 9.60. The Labute approximate surface area is 63.3 Å². The lowest BCUT2D eigenvalue weighted by molar-refractivity contribution is 0.418. The molecule has 0 saturated heterocycles. The molecule has 0 bridgehead atoms. The summed E-state index contributed by atoms with van der Waals surface area (Å²) in [6.07, 6.45) is 0.319. The van der Waals surface area contributed by atoms with Crippen LogP contribution in [0, 0.1) is 16.7 Å². The minimum atomic E-state index is -1.79. The van der Waals surface area contributed by atoms with Crippen LogP contribution in [0.25, 0.3) is 0 Å². The SMILES string of the molecule is CC(C)(CC#N)CS(=O)O. The second-order valence-corrected chi connectivity index (χ2v) is 3.90. The second kappa shape index (κ2) is 3.69. The highest BCUT2D eigenvalue weighted by molar-refractivity contribution is 7.79. The lowest BCUT2D eigenvalue weighted by atomic mass is 9.93. The predicted molar refractivity (Wildman–Crippen MR) is 39.6 cm³/mol. The van der Waals surface area contributed by atoms with Gasteiger partial charge in [0.05, 0.1) is 11.8 Å². The molecule has 0 aliphatic heterocycles. The van der Waals surface area contributed by atoms with Crippen molar-refractivity contribution in [2.24, 2.45) is 5.41 Å². The lowest BCUT2D eigenvalue weighted by Crippen LogP contribution is -2.19. The number of hydrogen-bond acceptors (Lipinski definition) is 2. The van der Waals surface area contributed by atoms with Gasteiger partial charge in [-0.15, -0.1) is 0 Å². The summed E-state index contributed by atoms with van der Waals surface area (Å²) in [4.78, 5) is 0. The zero-order valence-corrected chi connectivity index (χ0v) is 6.94. The molecule has 0 fully saturated rings. The lowest BCUT2D eigenvalue weighted by Gasteiger charge is -2.17. The molecule has 0 aromatic heterocycles. The molecule has 4 heteroatoms. The van der Waals surface area contributed by atoms with E-state index >= 15 is 0 Å². The first-order chi connectivity index (χ1) is 4.48. The maximum atomic E-state index is 10.3. The van der Waals surface area contributed by atoms with Crippen LogP contribution in [0.15, 0.2) is 0 Å². The van der Waals surface area contributed by atoms with E-state index in [1.165, 1.54) is 0 Å². The van der Waals surface area contributed by atoms with Crippen molar-refractivity contribution in [1.82, 2.24) is 0 Å². The number of hydrogen-bond donors (Lipinski definition) is 1. The van der Waals surface area contributed by atoms with E-state index in [4.69, 9.17) is 9.81 Å². The zero-order valence-electron chi connectivity index (χ0n) is 6.13. The van der Waals surface area contributed by atoms with E-state index in [1.807, 2.05) is 6.07 Å². The third kappa shape index (κ3) is 4.48. The molecule has 0 amide bonds. The van der Waals surface area contributed by atoms with Gasteiger partial charge in [-0.2, -0.15) is 5.26 Å². The van der Waals surface area contributed by atoms with E-state index in [1.54, 1.807) is 13.8 Å². The van der Waals surface area contributed by atoms with Gasteiger partial charge in [0.2, 0.25) is 0 Å². The first-order valence-corrected chi connectivity index (χ1v) is 4.20. The average molecular weight is 161 g/mol. The Bertz CT molecular complexity index is 171. The molecule has 3 nitrogen and oxygen atoms in total. The third-order valence-corrected chi connectivity index (χ3v) is 2.10. The highest BCUT2D eigenvalue weighted by Crippen LogP contribution is 2.19. The minimum Gasteiger partial charge on any atom is -0.306 e. The van der Waals surface area contributed by atoms with Gasteiger partial charge in [0.1, 0.15) is 0 Å². The Morgan fingerprint density at radius 1 is 1.70 bits per heavy atom. The molecule has 1 atom stereocenters. The molecule has 1 N–H and O–H groups in total. The molecule has 0 aliphatic carbocycles.